The summed E-state index contributed by atoms with van der Waals surface area (Å²) in [7, 11) is 1.92. The summed E-state index contributed by atoms with van der Waals surface area (Å²) in [6, 6.07) is 5.84. The van der Waals surface area contributed by atoms with E-state index in [-0.39, 0.29) is 11.8 Å². The SMILES string of the molecule is CNC1CCN(C(=O)c2ccc3c(c2)CC(=O)N3)C1. The lowest BCUT2D eigenvalue weighted by Crippen LogP contribution is -2.33. The summed E-state index contributed by atoms with van der Waals surface area (Å²) in [6.07, 6.45) is 1.36. The maximum absolute atomic E-state index is 12.4. The summed E-state index contributed by atoms with van der Waals surface area (Å²) in [5, 5.41) is 5.97. The highest BCUT2D eigenvalue weighted by molar-refractivity contribution is 6.01. The molecule has 1 aromatic rings. The van der Waals surface area contributed by atoms with Crippen molar-refractivity contribution in [1.29, 1.82) is 0 Å². The molecule has 0 radical (unpaired) electrons. The first-order chi connectivity index (χ1) is 9.17. The Labute approximate surface area is 112 Å². The second-order valence-electron chi connectivity index (χ2n) is 5.12. The minimum atomic E-state index is -0.00369. The molecule has 5 heteroatoms. The van der Waals surface area contributed by atoms with Gasteiger partial charge in [-0.25, -0.2) is 0 Å². The van der Waals surface area contributed by atoms with Gasteiger partial charge in [-0.1, -0.05) is 0 Å². The minimum absolute atomic E-state index is 0.00369. The van der Waals surface area contributed by atoms with Crippen LogP contribution in [0.4, 0.5) is 5.69 Å². The summed E-state index contributed by atoms with van der Waals surface area (Å²) >= 11 is 0. The lowest BCUT2D eigenvalue weighted by Gasteiger charge is -2.16. The molecule has 0 aliphatic carbocycles. The van der Waals surface area contributed by atoms with Crippen molar-refractivity contribution in [1.82, 2.24) is 10.2 Å². The molecule has 19 heavy (non-hydrogen) atoms. The first-order valence-corrected chi connectivity index (χ1v) is 6.56. The van der Waals surface area contributed by atoms with Crippen LogP contribution in [0.3, 0.4) is 0 Å². The highest BCUT2D eigenvalue weighted by Gasteiger charge is 2.27. The Morgan fingerprint density at radius 3 is 3.05 bits per heavy atom. The number of hydrogen-bond donors (Lipinski definition) is 2. The molecule has 0 spiro atoms. The van der Waals surface area contributed by atoms with E-state index in [0.717, 1.165) is 30.8 Å². The van der Waals surface area contributed by atoms with Gasteiger partial charge < -0.3 is 15.5 Å². The molecule has 0 saturated carbocycles. The average molecular weight is 259 g/mol. The number of nitrogens with one attached hydrogen (secondary N) is 2. The van der Waals surface area contributed by atoms with Gasteiger partial charge in [0, 0.05) is 30.4 Å². The standard InChI is InChI=1S/C14H17N3O2/c1-15-11-4-5-17(8-11)14(19)9-2-3-12-10(6-9)7-13(18)16-12/h2-3,6,11,15H,4-5,7-8H2,1H3,(H,16,18). The number of nitrogens with zero attached hydrogens (tertiary/aromatic N) is 1. The number of fused-ring (bicyclic) bond motifs is 1. The number of carbonyl (C=O) groups is 2. The van der Waals surface area contributed by atoms with Crippen LogP contribution in [0, 0.1) is 0 Å². The third-order valence-electron chi connectivity index (χ3n) is 3.86. The fourth-order valence-electron chi connectivity index (χ4n) is 2.73. The third-order valence-corrected chi connectivity index (χ3v) is 3.86. The summed E-state index contributed by atoms with van der Waals surface area (Å²) in [5.74, 6) is 0.0518. The maximum Gasteiger partial charge on any atom is 0.253 e. The van der Waals surface area contributed by atoms with Gasteiger partial charge in [0.25, 0.3) is 5.91 Å². The monoisotopic (exact) mass is 259 g/mol. The van der Waals surface area contributed by atoms with Gasteiger partial charge >= 0.3 is 0 Å². The molecule has 1 atom stereocenters. The van der Waals surface area contributed by atoms with E-state index in [4.69, 9.17) is 0 Å². The van der Waals surface area contributed by atoms with Gasteiger partial charge in [-0.05, 0) is 37.2 Å². The zero-order chi connectivity index (χ0) is 13.4. The van der Waals surface area contributed by atoms with Crippen LogP contribution in [0.5, 0.6) is 0 Å². The lowest BCUT2D eigenvalue weighted by atomic mass is 10.1. The van der Waals surface area contributed by atoms with Crippen molar-refractivity contribution in [3.63, 3.8) is 0 Å². The number of likely N-dealkylation sites (N-methyl/N-ethyl adjacent to an activating group) is 1. The van der Waals surface area contributed by atoms with Crippen LogP contribution in [0.15, 0.2) is 18.2 Å². The van der Waals surface area contributed by atoms with Crippen molar-refractivity contribution in [3.05, 3.63) is 29.3 Å². The molecule has 1 fully saturated rings. The van der Waals surface area contributed by atoms with E-state index in [1.54, 1.807) is 6.07 Å². The van der Waals surface area contributed by atoms with Gasteiger partial charge in [0.1, 0.15) is 0 Å². The molecule has 1 unspecified atom stereocenters. The maximum atomic E-state index is 12.4. The molecule has 2 heterocycles. The van der Waals surface area contributed by atoms with Gasteiger partial charge in [0.2, 0.25) is 5.91 Å². The highest BCUT2D eigenvalue weighted by Crippen LogP contribution is 2.25. The largest absolute Gasteiger partial charge is 0.337 e. The normalized spacial score (nSPS) is 21.4. The summed E-state index contributed by atoms with van der Waals surface area (Å²) in [5.41, 5.74) is 2.42. The van der Waals surface area contributed by atoms with E-state index in [2.05, 4.69) is 10.6 Å². The summed E-state index contributed by atoms with van der Waals surface area (Å²) in [6.45, 7) is 1.54. The van der Waals surface area contributed by atoms with E-state index >= 15 is 0 Å². The Kier molecular flexibility index (Phi) is 2.98. The Bertz CT molecular complexity index is 541. The lowest BCUT2D eigenvalue weighted by molar-refractivity contribution is -0.115. The van der Waals surface area contributed by atoms with Crippen molar-refractivity contribution in [2.75, 3.05) is 25.5 Å². The van der Waals surface area contributed by atoms with Crippen molar-refractivity contribution in [3.8, 4) is 0 Å². The van der Waals surface area contributed by atoms with Crippen molar-refractivity contribution >= 4 is 17.5 Å². The highest BCUT2D eigenvalue weighted by atomic mass is 16.2. The molecule has 2 N–H and O–H groups in total. The smallest absolute Gasteiger partial charge is 0.253 e. The van der Waals surface area contributed by atoms with Crippen molar-refractivity contribution in [2.24, 2.45) is 0 Å². The number of amides is 2. The van der Waals surface area contributed by atoms with Gasteiger partial charge in [-0.15, -0.1) is 0 Å². The molecule has 2 amide bonds. The second kappa shape index (κ2) is 4.66. The van der Waals surface area contributed by atoms with Crippen LogP contribution < -0.4 is 10.6 Å². The molecule has 2 aliphatic rings. The average Bonchev–Trinajstić information content (AvgIpc) is 3.01. The molecule has 1 aromatic carbocycles. The zero-order valence-electron chi connectivity index (χ0n) is 10.9. The molecule has 3 rings (SSSR count). The molecule has 0 bridgehead atoms. The van der Waals surface area contributed by atoms with Crippen LogP contribution in [-0.4, -0.2) is 42.9 Å². The second-order valence-corrected chi connectivity index (χ2v) is 5.12. The Morgan fingerprint density at radius 2 is 2.32 bits per heavy atom. The number of hydrogen-bond acceptors (Lipinski definition) is 3. The molecule has 0 aromatic heterocycles. The third kappa shape index (κ3) is 2.21. The number of carbonyl (C=O) groups excluding carboxylic acids is 2. The first kappa shape index (κ1) is 12.2. The van der Waals surface area contributed by atoms with Crippen LogP contribution in [0.2, 0.25) is 0 Å². The van der Waals surface area contributed by atoms with Crippen molar-refractivity contribution in [2.45, 2.75) is 18.9 Å². The summed E-state index contributed by atoms with van der Waals surface area (Å²) < 4.78 is 0. The van der Waals surface area contributed by atoms with Crippen LogP contribution in [0.25, 0.3) is 0 Å². The van der Waals surface area contributed by atoms with E-state index in [0.29, 0.717) is 18.0 Å². The van der Waals surface area contributed by atoms with Crippen LogP contribution >= 0.6 is 0 Å². The van der Waals surface area contributed by atoms with Gasteiger partial charge in [0.15, 0.2) is 0 Å². The van der Waals surface area contributed by atoms with Crippen LogP contribution in [0.1, 0.15) is 22.3 Å². The molecule has 2 aliphatic heterocycles. The number of likely N-dealkylation sites (tertiary alicyclic amines) is 1. The molecule has 100 valence electrons. The van der Waals surface area contributed by atoms with Crippen molar-refractivity contribution < 1.29 is 9.59 Å². The Balaban J connectivity index is 1.78. The molecular weight excluding hydrogens is 242 g/mol. The molecule has 1 saturated heterocycles. The Hall–Kier alpha value is -1.88. The van der Waals surface area contributed by atoms with Gasteiger partial charge in [-0.2, -0.15) is 0 Å². The number of rotatable bonds is 2. The van der Waals surface area contributed by atoms with E-state index < -0.39 is 0 Å². The zero-order valence-corrected chi connectivity index (χ0v) is 10.9. The summed E-state index contributed by atoms with van der Waals surface area (Å²) in [4.78, 5) is 25.6. The predicted molar refractivity (Wildman–Crippen MR) is 72.1 cm³/mol. The minimum Gasteiger partial charge on any atom is -0.337 e. The quantitative estimate of drug-likeness (QED) is 0.818. The predicted octanol–water partition coefficient (Wildman–Crippen LogP) is 0.615. The van der Waals surface area contributed by atoms with E-state index in [1.165, 1.54) is 0 Å². The Morgan fingerprint density at radius 1 is 1.47 bits per heavy atom. The van der Waals surface area contributed by atoms with Gasteiger partial charge in [0.05, 0.1) is 6.42 Å². The molecule has 5 nitrogen and oxygen atoms in total. The number of anilines is 1. The van der Waals surface area contributed by atoms with Gasteiger partial charge in [-0.3, -0.25) is 9.59 Å². The van der Waals surface area contributed by atoms with Crippen LogP contribution in [-0.2, 0) is 11.2 Å². The fraction of sp³-hybridized carbons (Fsp3) is 0.429. The first-order valence-electron chi connectivity index (χ1n) is 6.56. The fourth-order valence-corrected chi connectivity index (χ4v) is 2.73. The molecular formula is C14H17N3O2. The number of benzene rings is 1. The van der Waals surface area contributed by atoms with E-state index in [1.807, 2.05) is 24.1 Å². The van der Waals surface area contributed by atoms with E-state index in [9.17, 15) is 9.59 Å². The topological polar surface area (TPSA) is 61.4 Å².